The van der Waals surface area contributed by atoms with Gasteiger partial charge in [-0.15, -0.1) is 0 Å². The third-order valence-corrected chi connectivity index (χ3v) is 5.49. The van der Waals surface area contributed by atoms with Crippen molar-refractivity contribution in [2.45, 2.75) is 105 Å². The van der Waals surface area contributed by atoms with Crippen LogP contribution in [-0.4, -0.2) is 68.4 Å². The van der Waals surface area contributed by atoms with Crippen molar-refractivity contribution in [3.63, 3.8) is 0 Å². The van der Waals surface area contributed by atoms with Gasteiger partial charge in [-0.2, -0.15) is 0 Å². The number of carbonyl (C=O) groups excluding carboxylic acids is 1. The van der Waals surface area contributed by atoms with Crippen LogP contribution >= 0.6 is 0 Å². The highest BCUT2D eigenvalue weighted by Gasteiger charge is 2.07. The van der Waals surface area contributed by atoms with E-state index in [1.54, 1.807) is 0 Å². The van der Waals surface area contributed by atoms with Gasteiger partial charge in [0.05, 0.1) is 13.2 Å². The summed E-state index contributed by atoms with van der Waals surface area (Å²) in [5.41, 5.74) is 0. The Bertz CT molecular complexity index is 318. The maximum atomic E-state index is 11.7. The van der Waals surface area contributed by atoms with Crippen LogP contribution in [0.4, 0.5) is 4.79 Å². The van der Waals surface area contributed by atoms with Gasteiger partial charge in [0.25, 0.3) is 0 Å². The predicted octanol–water partition coefficient (Wildman–Crippen LogP) is 6.50. The first kappa shape index (κ1) is 29.2. The van der Waals surface area contributed by atoms with Crippen molar-refractivity contribution in [1.29, 1.82) is 0 Å². The zero-order valence-electron chi connectivity index (χ0n) is 20.8. The minimum atomic E-state index is -0.502. The first-order valence-electron chi connectivity index (χ1n) is 12.9. The fourth-order valence-electron chi connectivity index (χ4n) is 3.43. The number of carbonyl (C=O) groups is 1. The Morgan fingerprint density at radius 3 is 1.10 bits per heavy atom. The summed E-state index contributed by atoms with van der Waals surface area (Å²) in [6.45, 7) is 16.9. The molecule has 0 aromatic rings. The summed E-state index contributed by atoms with van der Waals surface area (Å²) in [7, 11) is 0. The molecule has 0 aliphatic heterocycles. The number of ether oxygens (including phenoxy) is 2. The van der Waals surface area contributed by atoms with Crippen LogP contribution in [0, 0.1) is 0 Å². The Morgan fingerprint density at radius 1 is 0.500 bits per heavy atom. The normalized spacial score (nSPS) is 11.4. The van der Waals surface area contributed by atoms with Gasteiger partial charge < -0.3 is 19.3 Å². The fourth-order valence-corrected chi connectivity index (χ4v) is 3.43. The van der Waals surface area contributed by atoms with E-state index in [4.69, 9.17) is 9.47 Å². The summed E-state index contributed by atoms with van der Waals surface area (Å²) < 4.78 is 10.5. The maximum Gasteiger partial charge on any atom is 0.508 e. The molecule has 0 aliphatic rings. The van der Waals surface area contributed by atoms with E-state index in [1.807, 2.05) is 0 Å². The molecule has 0 aliphatic carbocycles. The summed E-state index contributed by atoms with van der Waals surface area (Å²) >= 11 is 0. The zero-order valence-corrected chi connectivity index (χ0v) is 20.8. The average Bonchev–Trinajstić information content (AvgIpc) is 2.75. The van der Waals surface area contributed by atoms with Gasteiger partial charge in [-0.05, 0) is 90.6 Å². The minimum Gasteiger partial charge on any atom is -0.434 e. The first-order valence-corrected chi connectivity index (χ1v) is 12.9. The Hall–Kier alpha value is -0.810. The van der Waals surface area contributed by atoms with Crippen LogP contribution in [0.2, 0.25) is 0 Å². The molecule has 0 saturated heterocycles. The molecule has 0 aromatic carbocycles. The molecule has 0 N–H and O–H groups in total. The summed E-state index contributed by atoms with van der Waals surface area (Å²) in [6, 6.07) is 0. The monoisotopic (exact) mass is 428 g/mol. The Morgan fingerprint density at radius 2 is 0.800 bits per heavy atom. The van der Waals surface area contributed by atoms with Gasteiger partial charge in [-0.25, -0.2) is 4.79 Å². The Balaban J connectivity index is 3.71. The highest BCUT2D eigenvalue weighted by atomic mass is 16.7. The molecule has 0 radical (unpaired) electrons. The Labute approximate surface area is 187 Å². The quantitative estimate of drug-likeness (QED) is 0.145. The predicted molar refractivity (Wildman–Crippen MR) is 128 cm³/mol. The van der Waals surface area contributed by atoms with Crippen molar-refractivity contribution in [2.24, 2.45) is 0 Å². The van der Waals surface area contributed by atoms with E-state index in [0.29, 0.717) is 13.2 Å². The lowest BCUT2D eigenvalue weighted by molar-refractivity contribution is 0.0519. The van der Waals surface area contributed by atoms with Gasteiger partial charge in [-0.3, -0.25) is 0 Å². The molecule has 0 heterocycles. The zero-order chi connectivity index (χ0) is 22.3. The lowest BCUT2D eigenvalue weighted by atomic mass is 10.2. The van der Waals surface area contributed by atoms with Crippen molar-refractivity contribution in [1.82, 2.24) is 9.80 Å². The number of nitrogens with zero attached hydrogens (tertiary/aromatic N) is 2. The maximum absolute atomic E-state index is 11.7. The summed E-state index contributed by atoms with van der Waals surface area (Å²) in [5, 5.41) is 0. The van der Waals surface area contributed by atoms with Gasteiger partial charge in [0.15, 0.2) is 0 Å². The van der Waals surface area contributed by atoms with Crippen LogP contribution in [0.15, 0.2) is 0 Å². The van der Waals surface area contributed by atoms with Crippen LogP contribution in [0.1, 0.15) is 105 Å². The van der Waals surface area contributed by atoms with Crippen LogP contribution in [0.3, 0.4) is 0 Å². The molecule has 0 spiro atoms. The fraction of sp³-hybridized carbons (Fsp3) is 0.960. The van der Waals surface area contributed by atoms with Crippen LogP contribution in [0.25, 0.3) is 0 Å². The number of rotatable bonds is 22. The third-order valence-electron chi connectivity index (χ3n) is 5.49. The van der Waals surface area contributed by atoms with Crippen molar-refractivity contribution in [3.8, 4) is 0 Å². The SMILES string of the molecule is CCCCN(CCCC)CCCCOC(=O)OCCCCN(CCCC)CCCC. The molecule has 0 unspecified atom stereocenters. The van der Waals surface area contributed by atoms with Crippen molar-refractivity contribution >= 4 is 6.16 Å². The van der Waals surface area contributed by atoms with Crippen molar-refractivity contribution < 1.29 is 14.3 Å². The van der Waals surface area contributed by atoms with Gasteiger partial charge in [0, 0.05) is 0 Å². The molecular formula is C25H52N2O3. The lowest BCUT2D eigenvalue weighted by Gasteiger charge is -2.22. The molecule has 30 heavy (non-hydrogen) atoms. The van der Waals surface area contributed by atoms with Crippen LogP contribution in [-0.2, 0) is 9.47 Å². The smallest absolute Gasteiger partial charge is 0.434 e. The van der Waals surface area contributed by atoms with Crippen molar-refractivity contribution in [2.75, 3.05) is 52.5 Å². The molecule has 0 aromatic heterocycles. The van der Waals surface area contributed by atoms with Gasteiger partial charge in [0.1, 0.15) is 0 Å². The van der Waals surface area contributed by atoms with Gasteiger partial charge in [0.2, 0.25) is 0 Å². The number of hydrogen-bond donors (Lipinski definition) is 0. The van der Waals surface area contributed by atoms with Gasteiger partial charge in [-0.1, -0.05) is 53.4 Å². The molecular weight excluding hydrogens is 376 g/mol. The van der Waals surface area contributed by atoms with E-state index >= 15 is 0 Å². The molecule has 5 nitrogen and oxygen atoms in total. The second kappa shape index (κ2) is 22.9. The van der Waals surface area contributed by atoms with E-state index < -0.39 is 6.16 Å². The second-order valence-electron chi connectivity index (χ2n) is 8.46. The molecule has 0 amide bonds. The standard InChI is InChI=1S/C25H52N2O3/c1-5-9-17-26(18-10-6-2)21-13-15-23-29-25(28)30-24-16-14-22-27(19-11-7-3)20-12-8-4/h5-24H2,1-4H3. The molecule has 0 rings (SSSR count). The summed E-state index contributed by atoms with van der Waals surface area (Å²) in [6.07, 6.45) is 13.5. The highest BCUT2D eigenvalue weighted by Crippen LogP contribution is 2.04. The lowest BCUT2D eigenvalue weighted by Crippen LogP contribution is -2.27. The van der Waals surface area contributed by atoms with Crippen LogP contribution in [0.5, 0.6) is 0 Å². The topological polar surface area (TPSA) is 42.0 Å². The minimum absolute atomic E-state index is 0.468. The molecule has 0 bridgehead atoms. The molecule has 0 fully saturated rings. The molecule has 0 saturated carbocycles. The second-order valence-corrected chi connectivity index (χ2v) is 8.46. The van der Waals surface area contributed by atoms with E-state index in [2.05, 4.69) is 37.5 Å². The number of unbranched alkanes of at least 4 members (excludes halogenated alkanes) is 6. The van der Waals surface area contributed by atoms with Crippen LogP contribution < -0.4 is 0 Å². The molecule has 180 valence electrons. The summed E-state index contributed by atoms with van der Waals surface area (Å²) in [4.78, 5) is 16.8. The number of hydrogen-bond acceptors (Lipinski definition) is 5. The van der Waals surface area contributed by atoms with Crippen molar-refractivity contribution in [3.05, 3.63) is 0 Å². The highest BCUT2D eigenvalue weighted by molar-refractivity contribution is 5.59. The molecule has 0 atom stereocenters. The van der Waals surface area contributed by atoms with E-state index in [1.165, 1.54) is 77.5 Å². The first-order chi connectivity index (χ1) is 14.7. The Kier molecular flexibility index (Phi) is 22.2. The average molecular weight is 429 g/mol. The molecule has 5 heteroatoms. The van der Waals surface area contributed by atoms with E-state index in [0.717, 1.165) is 38.8 Å². The largest absolute Gasteiger partial charge is 0.508 e. The third kappa shape index (κ3) is 19.2. The van der Waals surface area contributed by atoms with E-state index in [-0.39, 0.29) is 0 Å². The summed E-state index contributed by atoms with van der Waals surface area (Å²) in [5.74, 6) is 0. The van der Waals surface area contributed by atoms with Gasteiger partial charge >= 0.3 is 6.16 Å². The van der Waals surface area contributed by atoms with E-state index in [9.17, 15) is 4.79 Å².